The van der Waals surface area contributed by atoms with Crippen molar-refractivity contribution < 1.29 is 0 Å². The fraction of sp³-hybridized carbons (Fsp3) is 0.0196. The number of thiophene rings is 1. The zero-order valence-corrected chi connectivity index (χ0v) is 30.9. The fourth-order valence-electron chi connectivity index (χ4n) is 7.81. The third kappa shape index (κ3) is 5.94. The van der Waals surface area contributed by atoms with Crippen LogP contribution in [-0.4, -0.2) is 14.5 Å². The van der Waals surface area contributed by atoms with Gasteiger partial charge in [0.2, 0.25) is 5.95 Å². The van der Waals surface area contributed by atoms with Crippen LogP contribution < -0.4 is 0 Å². The first-order valence-corrected chi connectivity index (χ1v) is 19.4. The van der Waals surface area contributed by atoms with Gasteiger partial charge in [0.05, 0.1) is 27.5 Å². The van der Waals surface area contributed by atoms with Gasteiger partial charge < -0.3 is 0 Å². The van der Waals surface area contributed by atoms with E-state index in [0.29, 0.717) is 5.95 Å². The Kier molecular flexibility index (Phi) is 8.24. The first kappa shape index (κ1) is 32.7. The minimum Gasteiger partial charge on any atom is -0.276 e. The molecule has 6 aromatic carbocycles. The first-order chi connectivity index (χ1) is 27.2. The highest BCUT2D eigenvalue weighted by Crippen LogP contribution is 2.47. The van der Waals surface area contributed by atoms with E-state index >= 15 is 0 Å². The first-order valence-electron chi connectivity index (χ1n) is 18.6. The van der Waals surface area contributed by atoms with Gasteiger partial charge in [-0.25, -0.2) is 9.97 Å². The molecule has 260 valence electrons. The maximum atomic E-state index is 5.54. The molecule has 3 heterocycles. The smallest absolute Gasteiger partial charge is 0.235 e. The molecule has 0 N–H and O–H groups in total. The second-order valence-corrected chi connectivity index (χ2v) is 14.9. The molecule has 0 atom stereocenters. The molecular weight excluding hydrogens is 687 g/mol. The van der Waals surface area contributed by atoms with Gasteiger partial charge in [0.15, 0.2) is 0 Å². The lowest BCUT2D eigenvalue weighted by atomic mass is 9.94. The number of hydrogen-bond donors (Lipinski definition) is 0. The Balaban J connectivity index is 1.30. The lowest BCUT2D eigenvalue weighted by molar-refractivity contribution is 0.974. The average Bonchev–Trinajstić information content (AvgIpc) is 3.80. The van der Waals surface area contributed by atoms with Crippen LogP contribution in [0.1, 0.15) is 11.1 Å². The minimum atomic E-state index is 0.618. The van der Waals surface area contributed by atoms with E-state index in [1.807, 2.05) is 17.4 Å². The highest BCUT2D eigenvalue weighted by atomic mass is 32.1. The number of fused-ring (bicyclic) bond motifs is 7. The van der Waals surface area contributed by atoms with Crippen molar-refractivity contribution in [1.82, 2.24) is 14.5 Å². The Bertz CT molecular complexity index is 2890. The van der Waals surface area contributed by atoms with Gasteiger partial charge in [-0.15, -0.1) is 11.3 Å². The number of allylic oxidation sites excluding steroid dienone is 5. The predicted molar refractivity (Wildman–Crippen MR) is 232 cm³/mol. The summed E-state index contributed by atoms with van der Waals surface area (Å²) in [5.74, 6) is 0.618. The maximum Gasteiger partial charge on any atom is 0.235 e. The summed E-state index contributed by atoms with van der Waals surface area (Å²) in [5, 5.41) is 2.39. The summed E-state index contributed by atoms with van der Waals surface area (Å²) in [6.45, 7) is 4.65. The Morgan fingerprint density at radius 2 is 1.09 bits per heavy atom. The van der Waals surface area contributed by atoms with Gasteiger partial charge in [-0.3, -0.25) is 4.57 Å². The summed E-state index contributed by atoms with van der Waals surface area (Å²) in [5.41, 5.74) is 13.8. The van der Waals surface area contributed by atoms with Crippen molar-refractivity contribution in [3.8, 4) is 61.3 Å². The summed E-state index contributed by atoms with van der Waals surface area (Å²) in [7, 11) is 0. The molecule has 0 saturated heterocycles. The monoisotopic (exact) mass is 721 g/mol. The second-order valence-electron chi connectivity index (χ2n) is 13.8. The van der Waals surface area contributed by atoms with Crippen LogP contribution in [-0.2, 0) is 6.42 Å². The summed E-state index contributed by atoms with van der Waals surface area (Å²) in [4.78, 5) is 12.2. The molecule has 0 saturated carbocycles. The normalized spacial score (nSPS) is 13.7. The lowest BCUT2D eigenvalue weighted by Crippen LogP contribution is -2.06. The van der Waals surface area contributed by atoms with E-state index in [9.17, 15) is 0 Å². The van der Waals surface area contributed by atoms with E-state index in [4.69, 9.17) is 9.97 Å². The van der Waals surface area contributed by atoms with Gasteiger partial charge in [0.1, 0.15) is 0 Å². The molecule has 3 aromatic heterocycles. The van der Waals surface area contributed by atoms with E-state index in [0.717, 1.165) is 78.9 Å². The van der Waals surface area contributed by atoms with Crippen molar-refractivity contribution in [2.75, 3.05) is 0 Å². The third-order valence-corrected chi connectivity index (χ3v) is 11.6. The van der Waals surface area contributed by atoms with Gasteiger partial charge in [-0.2, -0.15) is 0 Å². The van der Waals surface area contributed by atoms with E-state index < -0.39 is 0 Å². The van der Waals surface area contributed by atoms with Crippen LogP contribution in [0.3, 0.4) is 0 Å². The highest BCUT2D eigenvalue weighted by molar-refractivity contribution is 7.22. The largest absolute Gasteiger partial charge is 0.276 e. The van der Waals surface area contributed by atoms with Gasteiger partial charge in [0, 0.05) is 26.8 Å². The van der Waals surface area contributed by atoms with Crippen LogP contribution in [0.25, 0.3) is 87.9 Å². The summed E-state index contributed by atoms with van der Waals surface area (Å²) < 4.78 is 3.55. The van der Waals surface area contributed by atoms with Crippen LogP contribution in [0.15, 0.2) is 195 Å². The molecule has 55 heavy (non-hydrogen) atoms. The molecule has 0 radical (unpaired) electrons. The average molecular weight is 722 g/mol. The van der Waals surface area contributed by atoms with Crippen molar-refractivity contribution in [2.45, 2.75) is 6.42 Å². The number of nitrogens with zero attached hydrogens (tertiary/aromatic N) is 3. The number of hydrogen-bond acceptors (Lipinski definition) is 3. The highest BCUT2D eigenvalue weighted by Gasteiger charge is 2.27. The molecule has 0 unspecified atom stereocenters. The molecule has 0 spiro atoms. The van der Waals surface area contributed by atoms with Crippen molar-refractivity contribution in [3.05, 3.63) is 206 Å². The molecule has 1 aliphatic carbocycles. The molecule has 9 aromatic rings. The number of para-hydroxylation sites is 1. The van der Waals surface area contributed by atoms with Gasteiger partial charge in [-0.05, 0) is 81.6 Å². The Labute approximate surface area is 324 Å². The van der Waals surface area contributed by atoms with E-state index in [1.165, 1.54) is 20.5 Å². The number of benzene rings is 6. The summed E-state index contributed by atoms with van der Waals surface area (Å²) in [6, 6.07) is 57.9. The topological polar surface area (TPSA) is 30.7 Å². The lowest BCUT2D eigenvalue weighted by Gasteiger charge is -2.16. The van der Waals surface area contributed by atoms with Gasteiger partial charge in [-0.1, -0.05) is 158 Å². The van der Waals surface area contributed by atoms with Crippen molar-refractivity contribution in [1.29, 1.82) is 0 Å². The van der Waals surface area contributed by atoms with Gasteiger partial charge in [0.25, 0.3) is 0 Å². The number of aromatic nitrogens is 3. The predicted octanol–water partition coefficient (Wildman–Crippen LogP) is 13.7. The summed E-state index contributed by atoms with van der Waals surface area (Å²) >= 11 is 1.83. The van der Waals surface area contributed by atoms with Gasteiger partial charge >= 0.3 is 0 Å². The molecule has 0 bridgehead atoms. The zero-order valence-electron chi connectivity index (χ0n) is 30.1. The Hall–Kier alpha value is -6.88. The maximum absolute atomic E-state index is 5.54. The SMILES string of the molecule is C=C1/C=C\C=C/Cc2c(sc3ccccc23)-c2c1c1ccccc1n2-c1nc(-c2ccccc2)cc(-c2cc(-c3ccccc3)cc(-c3ccccc3)c2)n1. The molecule has 3 nitrogen and oxygen atoms in total. The molecule has 0 fully saturated rings. The molecular formula is C51H35N3S. The standard InChI is InChI=1S/C51H35N3S/c1-34-18-6-2-13-26-42-41-25-15-17-29-47(41)55-50(42)49-48(34)43-27-14-16-28-46(43)54(49)51-52-44(37-23-11-5-12-24-37)33-45(53-51)40-31-38(35-19-7-3-8-20-35)30-39(32-40)36-21-9-4-10-22-36/h2-25,27-33H,1,26H2/b13-2-,18-6-. The molecule has 0 amide bonds. The zero-order chi connectivity index (χ0) is 36.7. The minimum absolute atomic E-state index is 0.618. The molecule has 0 aliphatic heterocycles. The third-order valence-electron chi connectivity index (χ3n) is 10.4. The summed E-state index contributed by atoms with van der Waals surface area (Å²) in [6.07, 6.45) is 9.41. The second kappa shape index (κ2) is 13.8. The quantitative estimate of drug-likeness (QED) is 0.177. The van der Waals surface area contributed by atoms with Crippen molar-refractivity contribution in [3.63, 3.8) is 0 Å². The van der Waals surface area contributed by atoms with E-state index in [1.54, 1.807) is 0 Å². The fourth-order valence-corrected chi connectivity index (χ4v) is 9.08. The Morgan fingerprint density at radius 1 is 0.527 bits per heavy atom. The van der Waals surface area contributed by atoms with Crippen LogP contribution >= 0.6 is 11.3 Å². The number of rotatable bonds is 5. The van der Waals surface area contributed by atoms with Crippen molar-refractivity contribution in [2.24, 2.45) is 0 Å². The Morgan fingerprint density at radius 3 is 1.78 bits per heavy atom. The molecule has 10 rings (SSSR count). The van der Waals surface area contributed by atoms with Crippen LogP contribution in [0, 0.1) is 0 Å². The van der Waals surface area contributed by atoms with Crippen molar-refractivity contribution >= 4 is 37.9 Å². The molecule has 1 aliphatic rings. The molecule has 4 heteroatoms. The van der Waals surface area contributed by atoms with E-state index in [-0.39, 0.29) is 0 Å². The van der Waals surface area contributed by atoms with Crippen LogP contribution in [0.5, 0.6) is 0 Å². The van der Waals surface area contributed by atoms with Crippen LogP contribution in [0.2, 0.25) is 0 Å². The van der Waals surface area contributed by atoms with E-state index in [2.05, 4.69) is 193 Å². The van der Waals surface area contributed by atoms with Crippen LogP contribution in [0.4, 0.5) is 0 Å².